The van der Waals surface area contributed by atoms with Crippen LogP contribution in [-0.4, -0.2) is 50.4 Å². The summed E-state index contributed by atoms with van der Waals surface area (Å²) in [6.45, 7) is 6.68. The van der Waals surface area contributed by atoms with Gasteiger partial charge in [-0.1, -0.05) is 60.1 Å². The number of ether oxygens (including phenoxy) is 1. The van der Waals surface area contributed by atoms with Gasteiger partial charge >= 0.3 is 0 Å². The highest BCUT2D eigenvalue weighted by Gasteiger charge is 2.34. The van der Waals surface area contributed by atoms with E-state index >= 15 is 0 Å². The number of hydrogen-bond donors (Lipinski definition) is 1. The number of anilines is 1. The molecule has 2 amide bonds. The van der Waals surface area contributed by atoms with Crippen LogP contribution in [0.5, 0.6) is 5.75 Å². The fourth-order valence-electron chi connectivity index (χ4n) is 3.93. The topological polar surface area (TPSA) is 96.0 Å². The Morgan fingerprint density at radius 3 is 2.13 bits per heavy atom. The molecule has 0 saturated carbocycles. The van der Waals surface area contributed by atoms with Gasteiger partial charge in [-0.05, 0) is 63.6 Å². The molecule has 1 N–H and O–H groups in total. The van der Waals surface area contributed by atoms with Gasteiger partial charge in [0.2, 0.25) is 11.8 Å². The molecule has 8 nitrogen and oxygen atoms in total. The second-order valence-electron chi connectivity index (χ2n) is 10.1. The maximum atomic E-state index is 14.0. The third-order valence-electron chi connectivity index (χ3n) is 5.88. The first-order chi connectivity index (χ1) is 18.3. The van der Waals surface area contributed by atoms with Crippen LogP contribution in [0.25, 0.3) is 0 Å². The Bertz CT molecular complexity index is 1390. The molecule has 208 valence electrons. The molecule has 0 heterocycles. The molecular weight excluding hydrogens is 538 g/mol. The molecule has 3 aromatic rings. The Labute approximate surface area is 235 Å². The summed E-state index contributed by atoms with van der Waals surface area (Å²) in [6, 6.07) is 20.7. The second kappa shape index (κ2) is 12.5. The minimum atomic E-state index is -4.23. The van der Waals surface area contributed by atoms with Crippen molar-refractivity contribution in [2.75, 3.05) is 18.0 Å². The van der Waals surface area contributed by atoms with Crippen molar-refractivity contribution >= 4 is 39.1 Å². The van der Waals surface area contributed by atoms with Gasteiger partial charge < -0.3 is 15.0 Å². The Balaban J connectivity index is 2.08. The number of carbonyl (C=O) groups is 2. The number of hydrogen-bond acceptors (Lipinski definition) is 5. The fourth-order valence-corrected chi connectivity index (χ4v) is 5.53. The SMILES string of the molecule is COc1ccc(Cl)cc1N(CC(=O)N(Cc1ccccc1)C(C)C(=O)NC(C)(C)C)S(=O)(=O)c1ccccc1. The number of carbonyl (C=O) groups excluding carboxylic acids is 2. The number of benzene rings is 3. The van der Waals surface area contributed by atoms with Crippen LogP contribution in [0.3, 0.4) is 0 Å². The van der Waals surface area contributed by atoms with E-state index in [4.69, 9.17) is 16.3 Å². The minimum absolute atomic E-state index is 0.00652. The lowest BCUT2D eigenvalue weighted by Gasteiger charge is -2.33. The van der Waals surface area contributed by atoms with E-state index in [-0.39, 0.29) is 33.8 Å². The summed E-state index contributed by atoms with van der Waals surface area (Å²) >= 11 is 6.25. The maximum absolute atomic E-state index is 14.0. The standard InChI is InChI=1S/C29H34ClN3O5S/c1-21(28(35)31-29(2,3)4)32(19-22-12-8-6-9-13-22)27(34)20-33(25-18-23(30)16-17-26(25)38-5)39(36,37)24-14-10-7-11-15-24/h6-18,21H,19-20H2,1-5H3,(H,31,35). The average molecular weight is 572 g/mol. The minimum Gasteiger partial charge on any atom is -0.495 e. The van der Waals surface area contributed by atoms with Gasteiger partial charge in [-0.25, -0.2) is 8.42 Å². The molecule has 0 aliphatic rings. The Morgan fingerprint density at radius 2 is 1.56 bits per heavy atom. The number of methoxy groups -OCH3 is 1. The zero-order valence-electron chi connectivity index (χ0n) is 22.7. The van der Waals surface area contributed by atoms with Crippen molar-refractivity contribution in [3.63, 3.8) is 0 Å². The van der Waals surface area contributed by atoms with E-state index < -0.39 is 34.1 Å². The van der Waals surface area contributed by atoms with Crippen molar-refractivity contribution in [1.82, 2.24) is 10.2 Å². The number of amides is 2. The van der Waals surface area contributed by atoms with Gasteiger partial charge in [0, 0.05) is 17.1 Å². The monoisotopic (exact) mass is 571 g/mol. The summed E-state index contributed by atoms with van der Waals surface area (Å²) < 4.78 is 34.2. The molecule has 1 atom stereocenters. The molecule has 10 heteroatoms. The summed E-state index contributed by atoms with van der Waals surface area (Å²) in [5.41, 5.74) is 0.372. The Hall–Kier alpha value is -3.56. The summed E-state index contributed by atoms with van der Waals surface area (Å²) in [4.78, 5) is 28.5. The molecular formula is C29H34ClN3O5S. The molecule has 1 unspecified atom stereocenters. The van der Waals surface area contributed by atoms with E-state index in [9.17, 15) is 18.0 Å². The first-order valence-electron chi connectivity index (χ1n) is 12.4. The Kier molecular flexibility index (Phi) is 9.63. The molecule has 0 spiro atoms. The van der Waals surface area contributed by atoms with Crippen LogP contribution in [0.1, 0.15) is 33.3 Å². The molecule has 0 saturated heterocycles. The first kappa shape index (κ1) is 30.0. The van der Waals surface area contributed by atoms with Gasteiger partial charge in [0.05, 0.1) is 17.7 Å². The maximum Gasteiger partial charge on any atom is 0.264 e. The number of sulfonamides is 1. The molecule has 0 radical (unpaired) electrons. The van der Waals surface area contributed by atoms with Crippen LogP contribution in [-0.2, 0) is 26.2 Å². The highest BCUT2D eigenvalue weighted by atomic mass is 35.5. The van der Waals surface area contributed by atoms with Gasteiger partial charge in [0.25, 0.3) is 10.0 Å². The van der Waals surface area contributed by atoms with E-state index in [1.165, 1.54) is 36.3 Å². The van der Waals surface area contributed by atoms with E-state index in [1.807, 2.05) is 51.1 Å². The molecule has 39 heavy (non-hydrogen) atoms. The first-order valence-corrected chi connectivity index (χ1v) is 14.2. The largest absolute Gasteiger partial charge is 0.495 e. The molecule has 0 aliphatic heterocycles. The molecule has 0 fully saturated rings. The molecule has 0 aromatic heterocycles. The lowest BCUT2D eigenvalue weighted by molar-refractivity contribution is -0.140. The fraction of sp³-hybridized carbons (Fsp3) is 0.310. The summed E-state index contributed by atoms with van der Waals surface area (Å²) in [5.74, 6) is -0.707. The average Bonchev–Trinajstić information content (AvgIpc) is 2.89. The zero-order chi connectivity index (χ0) is 28.8. The van der Waals surface area contributed by atoms with Gasteiger partial charge in [0.1, 0.15) is 18.3 Å². The lowest BCUT2D eigenvalue weighted by atomic mass is 10.1. The Morgan fingerprint density at radius 1 is 0.974 bits per heavy atom. The quantitative estimate of drug-likeness (QED) is 0.374. The van der Waals surface area contributed by atoms with Crippen molar-refractivity contribution in [3.05, 3.63) is 89.4 Å². The predicted molar refractivity (Wildman–Crippen MR) is 153 cm³/mol. The van der Waals surface area contributed by atoms with Gasteiger partial charge in [-0.3, -0.25) is 13.9 Å². The smallest absolute Gasteiger partial charge is 0.264 e. The second-order valence-corrected chi connectivity index (χ2v) is 12.4. The third kappa shape index (κ3) is 7.74. The molecule has 3 aromatic carbocycles. The molecule has 0 bridgehead atoms. The lowest BCUT2D eigenvalue weighted by Crippen LogP contribution is -2.54. The normalized spacial score (nSPS) is 12.4. The molecule has 3 rings (SSSR count). The van der Waals surface area contributed by atoms with Crippen molar-refractivity contribution in [2.24, 2.45) is 0 Å². The number of rotatable bonds is 10. The van der Waals surface area contributed by atoms with E-state index in [0.717, 1.165) is 9.87 Å². The van der Waals surface area contributed by atoms with Crippen molar-refractivity contribution in [3.8, 4) is 5.75 Å². The van der Waals surface area contributed by atoms with E-state index in [1.54, 1.807) is 31.2 Å². The number of halogens is 1. The van der Waals surface area contributed by atoms with Crippen LogP contribution in [0.2, 0.25) is 5.02 Å². The van der Waals surface area contributed by atoms with Crippen molar-refractivity contribution < 1.29 is 22.7 Å². The van der Waals surface area contributed by atoms with Crippen LogP contribution in [0.15, 0.2) is 83.8 Å². The van der Waals surface area contributed by atoms with Gasteiger partial charge in [-0.15, -0.1) is 0 Å². The third-order valence-corrected chi connectivity index (χ3v) is 7.89. The van der Waals surface area contributed by atoms with Crippen molar-refractivity contribution in [2.45, 2.75) is 50.7 Å². The van der Waals surface area contributed by atoms with Crippen LogP contribution < -0.4 is 14.4 Å². The number of nitrogens with one attached hydrogen (secondary N) is 1. The van der Waals surface area contributed by atoms with Crippen LogP contribution in [0.4, 0.5) is 5.69 Å². The van der Waals surface area contributed by atoms with E-state index in [2.05, 4.69) is 5.32 Å². The van der Waals surface area contributed by atoms with Gasteiger partial charge in [-0.2, -0.15) is 0 Å². The van der Waals surface area contributed by atoms with Gasteiger partial charge in [0.15, 0.2) is 0 Å². The van der Waals surface area contributed by atoms with Crippen LogP contribution in [0, 0.1) is 0 Å². The summed E-state index contributed by atoms with van der Waals surface area (Å²) in [7, 11) is -2.83. The highest BCUT2D eigenvalue weighted by molar-refractivity contribution is 7.92. The molecule has 0 aliphatic carbocycles. The predicted octanol–water partition coefficient (Wildman–Crippen LogP) is 4.88. The highest BCUT2D eigenvalue weighted by Crippen LogP contribution is 2.35. The summed E-state index contributed by atoms with van der Waals surface area (Å²) in [5, 5.41) is 3.17. The van der Waals surface area contributed by atoms with E-state index in [0.29, 0.717) is 0 Å². The number of nitrogens with zero attached hydrogens (tertiary/aromatic N) is 2. The zero-order valence-corrected chi connectivity index (χ0v) is 24.3. The van der Waals surface area contributed by atoms with Crippen LogP contribution >= 0.6 is 11.6 Å². The van der Waals surface area contributed by atoms with Crippen molar-refractivity contribution in [1.29, 1.82) is 0 Å². The summed E-state index contributed by atoms with van der Waals surface area (Å²) in [6.07, 6.45) is 0.